The van der Waals surface area contributed by atoms with Gasteiger partial charge < -0.3 is 9.72 Å². The first-order valence-electron chi connectivity index (χ1n) is 12.0. The maximum Gasteiger partial charge on any atom is 0.252 e. The first-order valence-corrected chi connectivity index (χ1v) is 12.0. The number of rotatable bonds is 8. The molecule has 0 saturated carbocycles. The summed E-state index contributed by atoms with van der Waals surface area (Å²) in [6.45, 7) is 11.2. The lowest BCUT2D eigenvalue weighted by atomic mass is 9.98. The van der Waals surface area contributed by atoms with E-state index in [1.807, 2.05) is 28.9 Å². The van der Waals surface area contributed by atoms with E-state index in [0.29, 0.717) is 29.9 Å². The third-order valence-corrected chi connectivity index (χ3v) is 6.22. The SMILES string of the molecule is COc1ccc2cc(CN(Cc3ccc(F)cc3)[C@H](c3nnnn3C(C)(C)C)C(C)C)c(=O)[nH]c2c1. The van der Waals surface area contributed by atoms with Crippen molar-refractivity contribution in [2.75, 3.05) is 7.11 Å². The Morgan fingerprint density at radius 2 is 1.81 bits per heavy atom. The van der Waals surface area contributed by atoms with Crippen molar-refractivity contribution in [2.24, 2.45) is 5.92 Å². The molecule has 0 radical (unpaired) electrons. The van der Waals surface area contributed by atoms with Crippen LogP contribution in [-0.2, 0) is 18.6 Å². The summed E-state index contributed by atoms with van der Waals surface area (Å²) in [5, 5.41) is 13.6. The highest BCUT2D eigenvalue weighted by Gasteiger charge is 2.33. The van der Waals surface area contributed by atoms with E-state index in [2.05, 4.69) is 60.0 Å². The highest BCUT2D eigenvalue weighted by molar-refractivity contribution is 5.80. The Kier molecular flexibility index (Phi) is 7.21. The summed E-state index contributed by atoms with van der Waals surface area (Å²) in [6.07, 6.45) is 0. The molecular weight excluding hydrogens is 459 g/mol. The molecule has 0 saturated heterocycles. The molecule has 1 N–H and O–H groups in total. The second-order valence-corrected chi connectivity index (χ2v) is 10.4. The molecule has 1 atom stereocenters. The molecule has 4 rings (SSSR count). The van der Waals surface area contributed by atoms with Crippen molar-refractivity contribution in [1.82, 2.24) is 30.1 Å². The molecule has 0 bridgehead atoms. The number of nitrogens with zero attached hydrogens (tertiary/aromatic N) is 5. The molecule has 0 unspecified atom stereocenters. The van der Waals surface area contributed by atoms with E-state index < -0.39 is 0 Å². The van der Waals surface area contributed by atoms with Crippen molar-refractivity contribution in [3.05, 3.63) is 81.7 Å². The van der Waals surface area contributed by atoms with Gasteiger partial charge in [0.2, 0.25) is 0 Å². The van der Waals surface area contributed by atoms with Crippen LogP contribution in [0.3, 0.4) is 0 Å². The van der Waals surface area contributed by atoms with Crippen molar-refractivity contribution >= 4 is 10.9 Å². The minimum atomic E-state index is -0.326. The van der Waals surface area contributed by atoms with Gasteiger partial charge in [0.1, 0.15) is 11.6 Å². The minimum Gasteiger partial charge on any atom is -0.497 e. The second kappa shape index (κ2) is 10.2. The number of H-pyrrole nitrogens is 1. The third kappa shape index (κ3) is 5.46. The maximum atomic E-state index is 13.6. The normalized spacial score (nSPS) is 13.0. The maximum absolute atomic E-state index is 13.6. The average Bonchev–Trinajstić information content (AvgIpc) is 3.30. The van der Waals surface area contributed by atoms with E-state index in [4.69, 9.17) is 4.74 Å². The van der Waals surface area contributed by atoms with Crippen LogP contribution in [0.4, 0.5) is 4.39 Å². The van der Waals surface area contributed by atoms with E-state index in [-0.39, 0.29) is 28.9 Å². The third-order valence-electron chi connectivity index (χ3n) is 6.22. The Hall–Kier alpha value is -3.59. The lowest BCUT2D eigenvalue weighted by molar-refractivity contribution is 0.119. The fourth-order valence-electron chi connectivity index (χ4n) is 4.50. The predicted molar refractivity (Wildman–Crippen MR) is 137 cm³/mol. The van der Waals surface area contributed by atoms with Crippen molar-refractivity contribution < 1.29 is 9.13 Å². The van der Waals surface area contributed by atoms with E-state index in [0.717, 1.165) is 16.8 Å². The zero-order chi connectivity index (χ0) is 26.0. The van der Waals surface area contributed by atoms with Crippen LogP contribution in [-0.4, -0.2) is 37.2 Å². The number of ether oxygens (including phenoxy) is 1. The van der Waals surface area contributed by atoms with Crippen LogP contribution in [0.25, 0.3) is 10.9 Å². The van der Waals surface area contributed by atoms with Gasteiger partial charge in [0.15, 0.2) is 5.82 Å². The zero-order valence-electron chi connectivity index (χ0n) is 21.6. The van der Waals surface area contributed by atoms with Gasteiger partial charge in [0.05, 0.1) is 24.2 Å². The highest BCUT2D eigenvalue weighted by atomic mass is 19.1. The largest absolute Gasteiger partial charge is 0.497 e. The van der Waals surface area contributed by atoms with Crippen LogP contribution in [0, 0.1) is 11.7 Å². The van der Waals surface area contributed by atoms with Gasteiger partial charge in [0.25, 0.3) is 5.56 Å². The fourth-order valence-corrected chi connectivity index (χ4v) is 4.50. The zero-order valence-corrected chi connectivity index (χ0v) is 21.6. The van der Waals surface area contributed by atoms with Gasteiger partial charge in [-0.25, -0.2) is 9.07 Å². The summed E-state index contributed by atoms with van der Waals surface area (Å²) >= 11 is 0. The quantitative estimate of drug-likeness (QED) is 0.380. The van der Waals surface area contributed by atoms with Gasteiger partial charge >= 0.3 is 0 Å². The predicted octanol–water partition coefficient (Wildman–Crippen LogP) is 4.82. The number of halogens is 1. The van der Waals surface area contributed by atoms with Crippen LogP contribution in [0.2, 0.25) is 0 Å². The number of aromatic nitrogens is 5. The standard InChI is InChI=1S/C27H33FN6O2/c1-17(2)24(25-30-31-32-34(25)27(3,4)5)33(15-18-7-10-21(28)11-8-18)16-20-13-19-9-12-22(36-6)14-23(19)29-26(20)35/h7-14,17,24H,15-16H2,1-6H3,(H,29,35)/t24-/m0/s1. The summed E-state index contributed by atoms with van der Waals surface area (Å²) in [7, 11) is 1.60. The Labute approximate surface area is 210 Å². The molecule has 2 aromatic carbocycles. The molecule has 9 heteroatoms. The van der Waals surface area contributed by atoms with Crippen molar-refractivity contribution in [1.29, 1.82) is 0 Å². The molecule has 0 aliphatic carbocycles. The average molecular weight is 493 g/mol. The Balaban J connectivity index is 1.79. The number of nitrogens with one attached hydrogen (secondary N) is 1. The van der Waals surface area contributed by atoms with Crippen molar-refractivity contribution in [3.63, 3.8) is 0 Å². The molecule has 0 fully saturated rings. The first kappa shape index (κ1) is 25.5. The van der Waals surface area contributed by atoms with Crippen LogP contribution in [0.15, 0.2) is 53.3 Å². The van der Waals surface area contributed by atoms with E-state index in [9.17, 15) is 9.18 Å². The Bertz CT molecular complexity index is 1390. The summed E-state index contributed by atoms with van der Waals surface area (Å²) in [6, 6.07) is 13.8. The van der Waals surface area contributed by atoms with E-state index in [1.54, 1.807) is 19.2 Å². The molecule has 36 heavy (non-hydrogen) atoms. The first-order chi connectivity index (χ1) is 17.1. The molecule has 8 nitrogen and oxygen atoms in total. The lowest BCUT2D eigenvalue weighted by Crippen LogP contribution is -2.37. The van der Waals surface area contributed by atoms with Gasteiger partial charge in [-0.3, -0.25) is 9.69 Å². The molecule has 0 amide bonds. The molecule has 4 aromatic rings. The molecule has 0 aliphatic heterocycles. The number of pyridine rings is 1. The van der Waals surface area contributed by atoms with E-state index in [1.165, 1.54) is 12.1 Å². The summed E-state index contributed by atoms with van der Waals surface area (Å²) in [5.74, 6) is 1.24. The van der Waals surface area contributed by atoms with Crippen molar-refractivity contribution in [2.45, 2.75) is 59.3 Å². The highest BCUT2D eigenvalue weighted by Crippen LogP contribution is 2.32. The number of aromatic amines is 1. The number of fused-ring (bicyclic) bond motifs is 1. The van der Waals surface area contributed by atoms with Gasteiger partial charge in [-0.05, 0) is 78.4 Å². The molecule has 0 spiro atoms. The van der Waals surface area contributed by atoms with Crippen molar-refractivity contribution in [3.8, 4) is 5.75 Å². The number of benzene rings is 2. The van der Waals surface area contributed by atoms with Crippen LogP contribution in [0.1, 0.15) is 57.6 Å². The minimum absolute atomic E-state index is 0.126. The van der Waals surface area contributed by atoms with Gasteiger partial charge in [-0.1, -0.05) is 26.0 Å². The molecule has 190 valence electrons. The number of tetrazole rings is 1. The Morgan fingerprint density at radius 3 is 2.44 bits per heavy atom. The number of hydrogen-bond donors (Lipinski definition) is 1. The van der Waals surface area contributed by atoms with Gasteiger partial charge in [-0.2, -0.15) is 0 Å². The fraction of sp³-hybridized carbons (Fsp3) is 0.407. The summed E-state index contributed by atoms with van der Waals surface area (Å²) in [5.41, 5.74) is 1.77. The van der Waals surface area contributed by atoms with Crippen LogP contribution in [0.5, 0.6) is 5.75 Å². The van der Waals surface area contributed by atoms with Gasteiger partial charge in [0, 0.05) is 24.7 Å². The van der Waals surface area contributed by atoms with Crippen LogP contribution >= 0.6 is 0 Å². The molecule has 2 aromatic heterocycles. The summed E-state index contributed by atoms with van der Waals surface area (Å²) < 4.78 is 20.8. The molecular formula is C27H33FN6O2. The van der Waals surface area contributed by atoms with Gasteiger partial charge in [-0.15, -0.1) is 5.10 Å². The summed E-state index contributed by atoms with van der Waals surface area (Å²) in [4.78, 5) is 18.3. The lowest BCUT2D eigenvalue weighted by Gasteiger charge is -2.35. The smallest absolute Gasteiger partial charge is 0.252 e. The number of hydrogen-bond acceptors (Lipinski definition) is 6. The van der Waals surface area contributed by atoms with Crippen LogP contribution < -0.4 is 10.3 Å². The second-order valence-electron chi connectivity index (χ2n) is 10.4. The van der Waals surface area contributed by atoms with E-state index >= 15 is 0 Å². The Morgan fingerprint density at radius 1 is 1.08 bits per heavy atom. The molecule has 0 aliphatic rings. The topological polar surface area (TPSA) is 88.9 Å². The number of methoxy groups -OCH3 is 1. The monoisotopic (exact) mass is 492 g/mol. The molecule has 2 heterocycles.